The Kier molecular flexibility index (Phi) is 5.70. The van der Waals surface area contributed by atoms with E-state index < -0.39 is 0 Å². The lowest BCUT2D eigenvalue weighted by Gasteiger charge is -2.06. The molecule has 3 rings (SSSR count). The summed E-state index contributed by atoms with van der Waals surface area (Å²) in [4.78, 5) is 0. The molecule has 0 saturated carbocycles. The third-order valence-electron chi connectivity index (χ3n) is 3.08. The SMILES string of the molecule is COc1ccc(F)cc1CSc1nnc(Nc2cccc(Br)c2)s1. The standard InChI is InChI=1S/C16H13BrFN3OS2/c1-22-14-6-5-12(18)7-10(14)9-23-16-21-20-15(24-16)19-13-4-2-3-11(17)8-13/h2-8H,9H2,1H3,(H,19,20). The molecule has 0 fully saturated rings. The highest BCUT2D eigenvalue weighted by atomic mass is 79.9. The summed E-state index contributed by atoms with van der Waals surface area (Å²) in [7, 11) is 1.58. The van der Waals surface area contributed by atoms with Crippen LogP contribution in [0.3, 0.4) is 0 Å². The average Bonchev–Trinajstić information content (AvgIpc) is 3.00. The van der Waals surface area contributed by atoms with Crippen molar-refractivity contribution in [3.8, 4) is 5.75 Å². The first-order chi connectivity index (χ1) is 11.6. The molecule has 0 spiro atoms. The molecule has 0 atom stereocenters. The lowest BCUT2D eigenvalue weighted by atomic mass is 10.2. The van der Waals surface area contributed by atoms with E-state index in [4.69, 9.17) is 4.74 Å². The van der Waals surface area contributed by atoms with Crippen molar-refractivity contribution < 1.29 is 9.13 Å². The molecule has 1 heterocycles. The second-order valence-corrected chi connectivity index (χ2v) is 7.87. The van der Waals surface area contributed by atoms with Crippen molar-refractivity contribution in [1.82, 2.24) is 10.2 Å². The first-order valence-corrected chi connectivity index (χ1v) is 9.55. The van der Waals surface area contributed by atoms with Crippen LogP contribution in [0.25, 0.3) is 0 Å². The van der Waals surface area contributed by atoms with Crippen molar-refractivity contribution in [2.24, 2.45) is 0 Å². The number of nitrogens with zero attached hydrogens (tertiary/aromatic N) is 2. The number of hydrogen-bond acceptors (Lipinski definition) is 6. The fraction of sp³-hybridized carbons (Fsp3) is 0.125. The number of hydrogen-bond donors (Lipinski definition) is 1. The molecule has 1 aromatic heterocycles. The fourth-order valence-corrected chi connectivity index (χ4v) is 4.16. The van der Waals surface area contributed by atoms with Crippen LogP contribution >= 0.6 is 39.0 Å². The van der Waals surface area contributed by atoms with Gasteiger partial charge in [0.15, 0.2) is 4.34 Å². The third-order valence-corrected chi connectivity index (χ3v) is 5.59. The van der Waals surface area contributed by atoms with Gasteiger partial charge < -0.3 is 10.1 Å². The zero-order valence-corrected chi connectivity index (χ0v) is 15.8. The summed E-state index contributed by atoms with van der Waals surface area (Å²) in [5.74, 6) is 0.952. The predicted octanol–water partition coefficient (Wildman–Crippen LogP) is 5.48. The van der Waals surface area contributed by atoms with E-state index >= 15 is 0 Å². The lowest BCUT2D eigenvalue weighted by Crippen LogP contribution is -1.91. The van der Waals surface area contributed by atoms with Gasteiger partial charge in [0.05, 0.1) is 7.11 Å². The monoisotopic (exact) mass is 425 g/mol. The number of rotatable bonds is 6. The Labute approximate surface area is 155 Å². The minimum Gasteiger partial charge on any atom is -0.496 e. The first-order valence-electron chi connectivity index (χ1n) is 6.95. The smallest absolute Gasteiger partial charge is 0.210 e. The second kappa shape index (κ2) is 7.96. The van der Waals surface area contributed by atoms with E-state index in [-0.39, 0.29) is 5.82 Å². The van der Waals surface area contributed by atoms with Gasteiger partial charge in [-0.2, -0.15) is 0 Å². The van der Waals surface area contributed by atoms with Crippen LogP contribution in [0.4, 0.5) is 15.2 Å². The quantitative estimate of drug-likeness (QED) is 0.529. The van der Waals surface area contributed by atoms with Gasteiger partial charge in [0.2, 0.25) is 5.13 Å². The van der Waals surface area contributed by atoms with Crippen molar-refractivity contribution >= 4 is 49.8 Å². The molecule has 0 unspecified atom stereocenters. The molecule has 4 nitrogen and oxygen atoms in total. The highest BCUT2D eigenvalue weighted by molar-refractivity contribution is 9.10. The highest BCUT2D eigenvalue weighted by Gasteiger charge is 2.09. The Morgan fingerprint density at radius 3 is 2.92 bits per heavy atom. The number of methoxy groups -OCH3 is 1. The number of ether oxygens (including phenoxy) is 1. The predicted molar refractivity (Wildman–Crippen MR) is 99.8 cm³/mol. The number of anilines is 2. The summed E-state index contributed by atoms with van der Waals surface area (Å²) in [5.41, 5.74) is 1.73. The Hall–Kier alpha value is -1.64. The highest BCUT2D eigenvalue weighted by Crippen LogP contribution is 2.32. The minimum absolute atomic E-state index is 0.277. The molecule has 0 aliphatic heterocycles. The van der Waals surface area contributed by atoms with E-state index in [0.29, 0.717) is 16.6 Å². The van der Waals surface area contributed by atoms with Crippen LogP contribution < -0.4 is 10.1 Å². The van der Waals surface area contributed by atoms with Crippen LogP contribution in [0.15, 0.2) is 51.3 Å². The van der Waals surface area contributed by atoms with E-state index in [2.05, 4.69) is 31.4 Å². The summed E-state index contributed by atoms with van der Waals surface area (Å²) in [6.45, 7) is 0. The molecule has 8 heteroatoms. The van der Waals surface area contributed by atoms with E-state index in [1.165, 1.54) is 35.2 Å². The van der Waals surface area contributed by atoms with Gasteiger partial charge in [-0.3, -0.25) is 0 Å². The normalized spacial score (nSPS) is 10.6. The van der Waals surface area contributed by atoms with Crippen molar-refractivity contribution in [2.45, 2.75) is 10.1 Å². The first kappa shape index (κ1) is 17.2. The molecule has 124 valence electrons. The van der Waals surface area contributed by atoms with Crippen molar-refractivity contribution in [3.05, 3.63) is 58.3 Å². The van der Waals surface area contributed by atoms with Crippen LogP contribution in [-0.2, 0) is 5.75 Å². The van der Waals surface area contributed by atoms with Gasteiger partial charge >= 0.3 is 0 Å². The molecule has 0 amide bonds. The third kappa shape index (κ3) is 4.46. The number of thioether (sulfide) groups is 1. The van der Waals surface area contributed by atoms with E-state index in [0.717, 1.165) is 20.1 Å². The molecular weight excluding hydrogens is 413 g/mol. The Morgan fingerprint density at radius 1 is 1.25 bits per heavy atom. The summed E-state index contributed by atoms with van der Waals surface area (Å²) >= 11 is 6.38. The van der Waals surface area contributed by atoms with Gasteiger partial charge in [-0.1, -0.05) is 45.1 Å². The van der Waals surface area contributed by atoms with Crippen molar-refractivity contribution in [1.29, 1.82) is 0 Å². The maximum absolute atomic E-state index is 13.4. The molecule has 3 aromatic rings. The molecule has 2 aromatic carbocycles. The number of benzene rings is 2. The Bertz CT molecular complexity index is 844. The maximum Gasteiger partial charge on any atom is 0.210 e. The average molecular weight is 426 g/mol. The van der Waals surface area contributed by atoms with Crippen LogP contribution in [0, 0.1) is 5.82 Å². The Morgan fingerprint density at radius 2 is 2.12 bits per heavy atom. The van der Waals surface area contributed by atoms with Gasteiger partial charge in [0, 0.05) is 21.5 Å². The molecular formula is C16H13BrFN3OS2. The number of nitrogens with one attached hydrogen (secondary N) is 1. The molecule has 0 aliphatic carbocycles. The number of halogens is 2. The van der Waals surface area contributed by atoms with E-state index in [9.17, 15) is 4.39 Å². The van der Waals surface area contributed by atoms with Crippen LogP contribution in [0.2, 0.25) is 0 Å². The summed E-state index contributed by atoms with van der Waals surface area (Å²) in [6, 6.07) is 12.3. The summed E-state index contributed by atoms with van der Waals surface area (Å²) in [5, 5.41) is 12.2. The second-order valence-electron chi connectivity index (χ2n) is 4.75. The molecule has 0 saturated heterocycles. The van der Waals surface area contributed by atoms with Crippen molar-refractivity contribution in [3.63, 3.8) is 0 Å². The lowest BCUT2D eigenvalue weighted by molar-refractivity contribution is 0.410. The topological polar surface area (TPSA) is 47.0 Å². The fourth-order valence-electron chi connectivity index (χ4n) is 2.01. The molecule has 24 heavy (non-hydrogen) atoms. The molecule has 0 radical (unpaired) electrons. The van der Waals surface area contributed by atoms with Gasteiger partial charge in [-0.15, -0.1) is 10.2 Å². The zero-order valence-electron chi connectivity index (χ0n) is 12.6. The van der Waals surface area contributed by atoms with Crippen LogP contribution in [-0.4, -0.2) is 17.3 Å². The van der Waals surface area contributed by atoms with Gasteiger partial charge in [-0.25, -0.2) is 4.39 Å². The summed E-state index contributed by atoms with van der Waals surface area (Å²) in [6.07, 6.45) is 0. The number of aromatic nitrogens is 2. The maximum atomic E-state index is 13.4. The molecule has 0 bridgehead atoms. The molecule has 0 aliphatic rings. The minimum atomic E-state index is -0.277. The van der Waals surface area contributed by atoms with Gasteiger partial charge in [0.1, 0.15) is 11.6 Å². The van der Waals surface area contributed by atoms with E-state index in [1.54, 1.807) is 13.2 Å². The van der Waals surface area contributed by atoms with Crippen LogP contribution in [0.1, 0.15) is 5.56 Å². The molecule has 1 N–H and O–H groups in total. The van der Waals surface area contributed by atoms with Crippen molar-refractivity contribution in [2.75, 3.05) is 12.4 Å². The summed E-state index contributed by atoms with van der Waals surface area (Å²) < 4.78 is 20.4. The van der Waals surface area contributed by atoms with Gasteiger partial charge in [-0.05, 0) is 36.4 Å². The Balaban J connectivity index is 1.65. The van der Waals surface area contributed by atoms with Gasteiger partial charge in [0.25, 0.3) is 0 Å². The zero-order chi connectivity index (χ0) is 16.9. The largest absolute Gasteiger partial charge is 0.496 e. The van der Waals surface area contributed by atoms with Crippen LogP contribution in [0.5, 0.6) is 5.75 Å². The van der Waals surface area contributed by atoms with E-state index in [1.807, 2.05) is 24.3 Å².